The number of carbonyl (C=O) groups excluding carboxylic acids is 1. The maximum Gasteiger partial charge on any atom is 0.161 e. The molecule has 0 aromatic carbocycles. The lowest BCUT2D eigenvalue weighted by molar-refractivity contribution is -0.120. The Labute approximate surface area is 81.2 Å². The fourth-order valence-electron chi connectivity index (χ4n) is 2.15. The van der Waals surface area contributed by atoms with Gasteiger partial charge in [-0.2, -0.15) is 0 Å². The van der Waals surface area contributed by atoms with E-state index in [0.29, 0.717) is 11.7 Å². The number of carbonyl (C=O) groups is 1. The van der Waals surface area contributed by atoms with E-state index >= 15 is 0 Å². The number of hydrogen-bond donors (Lipinski definition) is 0. The van der Waals surface area contributed by atoms with E-state index < -0.39 is 0 Å². The van der Waals surface area contributed by atoms with Crippen LogP contribution in [0, 0.1) is 5.92 Å². The van der Waals surface area contributed by atoms with Crippen LogP contribution in [0.2, 0.25) is 0 Å². The average molecular weight is 180 g/mol. The van der Waals surface area contributed by atoms with Crippen LogP contribution >= 0.6 is 0 Å². The zero-order valence-electron chi connectivity index (χ0n) is 8.81. The third-order valence-corrected chi connectivity index (χ3v) is 3.02. The second kappa shape index (κ2) is 5.21. The zero-order chi connectivity index (χ0) is 9.68. The molecule has 0 amide bonds. The highest BCUT2D eigenvalue weighted by atomic mass is 16.1. The van der Waals surface area contributed by atoms with Crippen LogP contribution in [0.1, 0.15) is 52.4 Å². The smallest absolute Gasteiger partial charge is 0.161 e. The fourth-order valence-corrected chi connectivity index (χ4v) is 2.15. The Morgan fingerprint density at radius 3 is 2.38 bits per heavy atom. The van der Waals surface area contributed by atoms with Crippen LogP contribution in [0.4, 0.5) is 0 Å². The number of allylic oxidation sites excluding steroid dienone is 2. The van der Waals surface area contributed by atoms with E-state index in [1.807, 2.05) is 13.0 Å². The minimum absolute atomic E-state index is 0.347. The molecule has 0 unspecified atom stereocenters. The molecule has 1 rings (SSSR count). The van der Waals surface area contributed by atoms with E-state index in [4.69, 9.17) is 0 Å². The molecule has 1 saturated carbocycles. The summed E-state index contributed by atoms with van der Waals surface area (Å²) in [4.78, 5) is 11.9. The van der Waals surface area contributed by atoms with Gasteiger partial charge in [0.1, 0.15) is 0 Å². The molecule has 0 spiro atoms. The minimum Gasteiger partial charge on any atom is -0.294 e. The third kappa shape index (κ3) is 2.68. The number of rotatable bonds is 3. The topological polar surface area (TPSA) is 17.1 Å². The van der Waals surface area contributed by atoms with E-state index in [0.717, 1.165) is 24.8 Å². The second-order valence-corrected chi connectivity index (χ2v) is 3.87. The standard InChI is InChI=1S/C12H20O/c1-3-10(4-2)12(13)11-8-6-5-7-9-11/h3,11H,4-9H2,1-2H3/b10-3+. The van der Waals surface area contributed by atoms with Crippen LogP contribution in [0.15, 0.2) is 11.6 Å². The molecule has 0 bridgehead atoms. The normalized spacial score (nSPS) is 20.3. The monoisotopic (exact) mass is 180 g/mol. The van der Waals surface area contributed by atoms with Gasteiger partial charge in [-0.15, -0.1) is 0 Å². The van der Waals surface area contributed by atoms with Crippen LogP contribution in [0.25, 0.3) is 0 Å². The Hall–Kier alpha value is -0.590. The number of Topliss-reactive ketones (excluding diaryl/α,β-unsaturated/α-hetero) is 1. The molecule has 0 atom stereocenters. The highest BCUT2D eigenvalue weighted by molar-refractivity contribution is 5.97. The van der Waals surface area contributed by atoms with Gasteiger partial charge in [0.05, 0.1) is 0 Å². The van der Waals surface area contributed by atoms with Crippen molar-refractivity contribution in [3.8, 4) is 0 Å². The largest absolute Gasteiger partial charge is 0.294 e. The molecule has 0 N–H and O–H groups in total. The number of hydrogen-bond acceptors (Lipinski definition) is 1. The average Bonchev–Trinajstić information content (AvgIpc) is 2.21. The summed E-state index contributed by atoms with van der Waals surface area (Å²) in [6, 6.07) is 0. The molecule has 0 radical (unpaired) electrons. The summed E-state index contributed by atoms with van der Waals surface area (Å²) in [5, 5.41) is 0. The highest BCUT2D eigenvalue weighted by Crippen LogP contribution is 2.27. The second-order valence-electron chi connectivity index (χ2n) is 3.87. The molecule has 1 fully saturated rings. The van der Waals surface area contributed by atoms with Gasteiger partial charge in [-0.1, -0.05) is 32.3 Å². The molecular formula is C12H20O. The molecule has 1 aliphatic carbocycles. The summed E-state index contributed by atoms with van der Waals surface area (Å²) in [7, 11) is 0. The van der Waals surface area contributed by atoms with Crippen molar-refractivity contribution in [2.24, 2.45) is 5.92 Å². The third-order valence-electron chi connectivity index (χ3n) is 3.02. The molecular weight excluding hydrogens is 160 g/mol. The lowest BCUT2D eigenvalue weighted by Gasteiger charge is -2.21. The van der Waals surface area contributed by atoms with Gasteiger partial charge in [-0.3, -0.25) is 4.79 Å². The van der Waals surface area contributed by atoms with Gasteiger partial charge in [-0.05, 0) is 31.8 Å². The molecule has 74 valence electrons. The maximum atomic E-state index is 11.9. The first-order valence-electron chi connectivity index (χ1n) is 5.49. The Bertz CT molecular complexity index is 197. The van der Waals surface area contributed by atoms with Gasteiger partial charge in [0, 0.05) is 5.92 Å². The predicted molar refractivity (Wildman–Crippen MR) is 55.6 cm³/mol. The molecule has 0 aromatic heterocycles. The quantitative estimate of drug-likeness (QED) is 0.607. The lowest BCUT2D eigenvalue weighted by atomic mass is 9.83. The summed E-state index contributed by atoms with van der Waals surface area (Å²) in [5.41, 5.74) is 1.03. The van der Waals surface area contributed by atoms with Crippen LogP contribution < -0.4 is 0 Å². The Balaban J connectivity index is 2.54. The van der Waals surface area contributed by atoms with E-state index in [-0.39, 0.29) is 0 Å². The predicted octanol–water partition coefficient (Wildman–Crippen LogP) is 3.49. The van der Waals surface area contributed by atoms with Crippen molar-refractivity contribution >= 4 is 5.78 Å². The van der Waals surface area contributed by atoms with Gasteiger partial charge in [0.15, 0.2) is 5.78 Å². The maximum absolute atomic E-state index is 11.9. The van der Waals surface area contributed by atoms with Crippen LogP contribution in [0.3, 0.4) is 0 Å². The highest BCUT2D eigenvalue weighted by Gasteiger charge is 2.22. The van der Waals surface area contributed by atoms with E-state index in [9.17, 15) is 4.79 Å². The van der Waals surface area contributed by atoms with Gasteiger partial charge >= 0.3 is 0 Å². The SMILES string of the molecule is C/C=C(\CC)C(=O)C1CCCCC1. The van der Waals surface area contributed by atoms with Crippen molar-refractivity contribution in [3.05, 3.63) is 11.6 Å². The first-order valence-corrected chi connectivity index (χ1v) is 5.49. The Kier molecular flexibility index (Phi) is 4.20. The summed E-state index contributed by atoms with van der Waals surface area (Å²) >= 11 is 0. The molecule has 1 nitrogen and oxygen atoms in total. The minimum atomic E-state index is 0.347. The summed E-state index contributed by atoms with van der Waals surface area (Å²) in [5.74, 6) is 0.768. The summed E-state index contributed by atoms with van der Waals surface area (Å²) < 4.78 is 0. The lowest BCUT2D eigenvalue weighted by Crippen LogP contribution is -2.19. The molecule has 0 aromatic rings. The summed E-state index contributed by atoms with van der Waals surface area (Å²) in [6.07, 6.45) is 8.93. The molecule has 1 heteroatoms. The Morgan fingerprint density at radius 2 is 1.92 bits per heavy atom. The zero-order valence-corrected chi connectivity index (χ0v) is 8.81. The first-order chi connectivity index (χ1) is 6.29. The van der Waals surface area contributed by atoms with E-state index in [1.54, 1.807) is 0 Å². The Morgan fingerprint density at radius 1 is 1.31 bits per heavy atom. The fraction of sp³-hybridized carbons (Fsp3) is 0.750. The van der Waals surface area contributed by atoms with Crippen molar-refractivity contribution in [3.63, 3.8) is 0 Å². The molecule has 0 heterocycles. The molecule has 1 aliphatic rings. The number of ketones is 1. The van der Waals surface area contributed by atoms with E-state index in [2.05, 4.69) is 6.92 Å². The van der Waals surface area contributed by atoms with Crippen LogP contribution in [-0.2, 0) is 4.79 Å². The molecule has 13 heavy (non-hydrogen) atoms. The van der Waals surface area contributed by atoms with E-state index in [1.165, 1.54) is 19.3 Å². The van der Waals surface area contributed by atoms with Crippen LogP contribution in [-0.4, -0.2) is 5.78 Å². The van der Waals surface area contributed by atoms with Gasteiger partial charge in [0.25, 0.3) is 0 Å². The van der Waals surface area contributed by atoms with Gasteiger partial charge in [0.2, 0.25) is 0 Å². The van der Waals surface area contributed by atoms with Crippen molar-refractivity contribution in [2.45, 2.75) is 52.4 Å². The molecule has 0 aliphatic heterocycles. The summed E-state index contributed by atoms with van der Waals surface area (Å²) in [6.45, 7) is 4.04. The first kappa shape index (κ1) is 10.5. The van der Waals surface area contributed by atoms with Crippen molar-refractivity contribution in [1.29, 1.82) is 0 Å². The van der Waals surface area contributed by atoms with Gasteiger partial charge < -0.3 is 0 Å². The van der Waals surface area contributed by atoms with Crippen molar-refractivity contribution in [1.82, 2.24) is 0 Å². The van der Waals surface area contributed by atoms with Crippen LogP contribution in [0.5, 0.6) is 0 Å². The molecule has 0 saturated heterocycles. The van der Waals surface area contributed by atoms with Crippen molar-refractivity contribution < 1.29 is 4.79 Å². The van der Waals surface area contributed by atoms with Gasteiger partial charge in [-0.25, -0.2) is 0 Å². The van der Waals surface area contributed by atoms with Crippen molar-refractivity contribution in [2.75, 3.05) is 0 Å².